The normalized spacial score (nSPS) is 15.1. The molecule has 1 atom stereocenters. The van der Waals surface area contributed by atoms with Gasteiger partial charge in [-0.3, -0.25) is 14.4 Å². The van der Waals surface area contributed by atoms with Gasteiger partial charge in [0.2, 0.25) is 5.91 Å². The molecule has 0 aromatic heterocycles. The third-order valence-corrected chi connectivity index (χ3v) is 4.87. The maximum absolute atomic E-state index is 12.6. The van der Waals surface area contributed by atoms with Crippen LogP contribution in [0.4, 0.5) is 11.4 Å². The van der Waals surface area contributed by atoms with Gasteiger partial charge in [0, 0.05) is 37.2 Å². The number of carbonyl (C=O) groups excluding carboxylic acids is 3. The van der Waals surface area contributed by atoms with Gasteiger partial charge in [0.25, 0.3) is 5.91 Å². The SMILES string of the molecule is COc1ccc(NC(=O)CCC(=O)c2ccc3c(c2)N(C)C(=O)C(C)O3)cc1OC. The number of nitrogens with zero attached hydrogens (tertiary/aromatic N) is 1. The Kier molecular flexibility index (Phi) is 6.25. The van der Waals surface area contributed by atoms with Gasteiger partial charge in [-0.25, -0.2) is 0 Å². The van der Waals surface area contributed by atoms with E-state index in [-0.39, 0.29) is 30.4 Å². The van der Waals surface area contributed by atoms with Crippen molar-refractivity contribution in [2.75, 3.05) is 31.5 Å². The van der Waals surface area contributed by atoms with Crippen LogP contribution in [-0.4, -0.2) is 45.0 Å². The number of amides is 2. The van der Waals surface area contributed by atoms with Crippen LogP contribution >= 0.6 is 0 Å². The highest BCUT2D eigenvalue weighted by Gasteiger charge is 2.29. The second-order valence-electron chi connectivity index (χ2n) is 6.88. The van der Waals surface area contributed by atoms with Gasteiger partial charge in [-0.2, -0.15) is 0 Å². The van der Waals surface area contributed by atoms with E-state index in [1.165, 1.54) is 19.1 Å². The first kappa shape index (κ1) is 21.2. The van der Waals surface area contributed by atoms with Gasteiger partial charge in [-0.15, -0.1) is 0 Å². The van der Waals surface area contributed by atoms with Crippen LogP contribution in [0, 0.1) is 0 Å². The molecular formula is C22H24N2O6. The first-order chi connectivity index (χ1) is 14.3. The number of rotatable bonds is 7. The van der Waals surface area contributed by atoms with Crippen LogP contribution in [0.3, 0.4) is 0 Å². The number of methoxy groups -OCH3 is 2. The Morgan fingerprint density at radius 2 is 1.80 bits per heavy atom. The molecule has 1 aliphatic heterocycles. The second kappa shape index (κ2) is 8.86. The molecule has 8 nitrogen and oxygen atoms in total. The predicted molar refractivity (Wildman–Crippen MR) is 112 cm³/mol. The maximum Gasteiger partial charge on any atom is 0.267 e. The molecule has 0 aliphatic carbocycles. The lowest BCUT2D eigenvalue weighted by atomic mass is 10.0. The molecule has 0 saturated carbocycles. The summed E-state index contributed by atoms with van der Waals surface area (Å²) in [7, 11) is 4.69. The van der Waals surface area contributed by atoms with E-state index >= 15 is 0 Å². The third-order valence-electron chi connectivity index (χ3n) is 4.87. The molecule has 0 saturated heterocycles. The molecular weight excluding hydrogens is 388 g/mol. The van der Waals surface area contributed by atoms with Gasteiger partial charge in [0.05, 0.1) is 19.9 Å². The monoisotopic (exact) mass is 412 g/mol. The molecule has 1 aliphatic rings. The minimum absolute atomic E-state index is 0.0204. The zero-order valence-electron chi connectivity index (χ0n) is 17.4. The van der Waals surface area contributed by atoms with Crippen LogP contribution in [-0.2, 0) is 9.59 Å². The number of likely N-dealkylation sites (N-methyl/N-ethyl adjacent to an activating group) is 1. The number of Topliss-reactive ketones (excluding diaryl/α,β-unsaturated/α-hetero) is 1. The van der Waals surface area contributed by atoms with Crippen LogP contribution in [0.25, 0.3) is 0 Å². The van der Waals surface area contributed by atoms with E-state index in [9.17, 15) is 14.4 Å². The van der Waals surface area contributed by atoms with Gasteiger partial charge in [0.1, 0.15) is 5.75 Å². The molecule has 2 aromatic carbocycles. The van der Waals surface area contributed by atoms with Crippen LogP contribution in [0.2, 0.25) is 0 Å². The number of hydrogen-bond acceptors (Lipinski definition) is 6. The van der Waals surface area contributed by atoms with E-state index < -0.39 is 6.10 Å². The van der Waals surface area contributed by atoms with Crippen LogP contribution in [0.1, 0.15) is 30.1 Å². The first-order valence-corrected chi connectivity index (χ1v) is 9.47. The lowest BCUT2D eigenvalue weighted by Gasteiger charge is -2.30. The number of ketones is 1. The first-order valence-electron chi connectivity index (χ1n) is 9.47. The largest absolute Gasteiger partial charge is 0.493 e. The fourth-order valence-corrected chi connectivity index (χ4v) is 3.19. The maximum atomic E-state index is 12.6. The highest BCUT2D eigenvalue weighted by Crippen LogP contribution is 2.34. The topological polar surface area (TPSA) is 94.2 Å². The molecule has 8 heteroatoms. The van der Waals surface area contributed by atoms with Crippen molar-refractivity contribution >= 4 is 29.0 Å². The fraction of sp³-hybridized carbons (Fsp3) is 0.318. The number of benzene rings is 2. The molecule has 2 aromatic rings. The number of nitrogens with one attached hydrogen (secondary N) is 1. The number of ether oxygens (including phenoxy) is 3. The zero-order chi connectivity index (χ0) is 21.8. The zero-order valence-corrected chi connectivity index (χ0v) is 17.4. The van der Waals surface area contributed by atoms with Gasteiger partial charge in [-0.05, 0) is 37.3 Å². The molecule has 0 bridgehead atoms. The third kappa shape index (κ3) is 4.37. The van der Waals surface area contributed by atoms with Crippen molar-refractivity contribution in [3.8, 4) is 17.2 Å². The average Bonchev–Trinajstić information content (AvgIpc) is 2.75. The second-order valence-corrected chi connectivity index (χ2v) is 6.88. The van der Waals surface area contributed by atoms with Crippen molar-refractivity contribution in [2.45, 2.75) is 25.9 Å². The summed E-state index contributed by atoms with van der Waals surface area (Å²) in [5, 5.41) is 2.74. The van der Waals surface area contributed by atoms with Gasteiger partial charge in [0.15, 0.2) is 23.4 Å². The summed E-state index contributed by atoms with van der Waals surface area (Å²) in [6.45, 7) is 1.68. The van der Waals surface area contributed by atoms with Gasteiger partial charge >= 0.3 is 0 Å². The predicted octanol–water partition coefficient (Wildman–Crippen LogP) is 3.05. The minimum atomic E-state index is -0.565. The van der Waals surface area contributed by atoms with Crippen molar-refractivity contribution in [2.24, 2.45) is 0 Å². The average molecular weight is 412 g/mol. The molecule has 0 fully saturated rings. The lowest BCUT2D eigenvalue weighted by Crippen LogP contribution is -2.42. The molecule has 3 rings (SSSR count). The molecule has 0 spiro atoms. The lowest BCUT2D eigenvalue weighted by molar-refractivity contribution is -0.125. The summed E-state index contributed by atoms with van der Waals surface area (Å²) in [5.74, 6) is 0.932. The van der Waals surface area contributed by atoms with E-state index in [1.54, 1.807) is 50.4 Å². The van der Waals surface area contributed by atoms with Crippen molar-refractivity contribution in [1.82, 2.24) is 0 Å². The van der Waals surface area contributed by atoms with E-state index in [0.29, 0.717) is 34.2 Å². The van der Waals surface area contributed by atoms with Crippen LogP contribution < -0.4 is 24.4 Å². The van der Waals surface area contributed by atoms with E-state index in [2.05, 4.69) is 5.32 Å². The molecule has 2 amide bonds. The Hall–Kier alpha value is -3.55. The molecule has 30 heavy (non-hydrogen) atoms. The molecule has 158 valence electrons. The summed E-state index contributed by atoms with van der Waals surface area (Å²) < 4.78 is 15.9. The van der Waals surface area contributed by atoms with Gasteiger partial charge in [-0.1, -0.05) is 0 Å². The van der Waals surface area contributed by atoms with E-state index in [0.717, 1.165) is 0 Å². The number of hydrogen-bond donors (Lipinski definition) is 1. The highest BCUT2D eigenvalue weighted by molar-refractivity contribution is 6.04. The standard InChI is InChI=1S/C22H24N2O6/c1-13-22(27)24(2)16-11-14(5-8-18(16)30-13)17(25)7-10-21(26)23-15-6-9-19(28-3)20(12-15)29-4/h5-6,8-9,11-13H,7,10H2,1-4H3,(H,23,26). The summed E-state index contributed by atoms with van der Waals surface area (Å²) in [6, 6.07) is 9.96. The summed E-state index contributed by atoms with van der Waals surface area (Å²) in [6.07, 6.45) is -0.510. The fourth-order valence-electron chi connectivity index (χ4n) is 3.19. The molecule has 1 unspecified atom stereocenters. The Labute approximate surface area is 174 Å². The number of carbonyl (C=O) groups is 3. The van der Waals surface area contributed by atoms with Crippen molar-refractivity contribution in [3.63, 3.8) is 0 Å². The Morgan fingerprint density at radius 3 is 2.50 bits per heavy atom. The van der Waals surface area contributed by atoms with Gasteiger partial charge < -0.3 is 24.4 Å². The van der Waals surface area contributed by atoms with Crippen LogP contribution in [0.15, 0.2) is 36.4 Å². The summed E-state index contributed by atoms with van der Waals surface area (Å²) >= 11 is 0. The van der Waals surface area contributed by atoms with Crippen LogP contribution in [0.5, 0.6) is 17.2 Å². The molecule has 1 N–H and O–H groups in total. The highest BCUT2D eigenvalue weighted by atomic mass is 16.5. The quantitative estimate of drug-likeness (QED) is 0.703. The minimum Gasteiger partial charge on any atom is -0.493 e. The van der Waals surface area contributed by atoms with E-state index in [1.807, 2.05) is 0 Å². The van der Waals surface area contributed by atoms with E-state index in [4.69, 9.17) is 14.2 Å². The Bertz CT molecular complexity index is 988. The number of anilines is 2. The molecule has 1 heterocycles. The Morgan fingerprint density at radius 1 is 1.07 bits per heavy atom. The summed E-state index contributed by atoms with van der Waals surface area (Å²) in [4.78, 5) is 38.4. The smallest absolute Gasteiger partial charge is 0.267 e. The molecule has 0 radical (unpaired) electrons. The van der Waals surface area contributed by atoms with Crippen molar-refractivity contribution in [1.29, 1.82) is 0 Å². The number of fused-ring (bicyclic) bond motifs is 1. The summed E-state index contributed by atoms with van der Waals surface area (Å²) in [5.41, 5.74) is 1.51. The van der Waals surface area contributed by atoms with Crippen molar-refractivity contribution < 1.29 is 28.6 Å². The van der Waals surface area contributed by atoms with Crippen molar-refractivity contribution in [3.05, 3.63) is 42.0 Å². The Balaban J connectivity index is 1.62.